The number of likely N-dealkylation sites (tertiary alicyclic amines) is 1. The second-order valence-electron chi connectivity index (χ2n) is 7.81. The predicted octanol–water partition coefficient (Wildman–Crippen LogP) is 4.68. The van der Waals surface area contributed by atoms with Crippen molar-refractivity contribution >= 4 is 28.3 Å². The lowest BCUT2D eigenvalue weighted by Crippen LogP contribution is -2.43. The molecule has 0 aliphatic carbocycles. The van der Waals surface area contributed by atoms with Gasteiger partial charge in [-0.15, -0.1) is 11.3 Å². The number of hydrogen-bond donors (Lipinski definition) is 1. The third-order valence-corrected chi connectivity index (χ3v) is 6.56. The van der Waals surface area contributed by atoms with Crippen molar-refractivity contribution in [2.45, 2.75) is 39.2 Å². The van der Waals surface area contributed by atoms with Crippen LogP contribution in [0.1, 0.15) is 46.1 Å². The molecule has 2 aromatic carbocycles. The van der Waals surface area contributed by atoms with Gasteiger partial charge in [0.05, 0.1) is 12.2 Å². The van der Waals surface area contributed by atoms with Crippen molar-refractivity contribution in [3.05, 3.63) is 76.3 Å². The topological polar surface area (TPSA) is 71.5 Å². The van der Waals surface area contributed by atoms with E-state index in [9.17, 15) is 9.59 Å². The van der Waals surface area contributed by atoms with E-state index in [4.69, 9.17) is 4.74 Å². The number of anilines is 1. The minimum Gasteiger partial charge on any atom is -0.493 e. The van der Waals surface area contributed by atoms with E-state index >= 15 is 0 Å². The van der Waals surface area contributed by atoms with E-state index in [1.54, 1.807) is 17.0 Å². The molecule has 6 nitrogen and oxygen atoms in total. The highest BCUT2D eigenvalue weighted by molar-refractivity contribution is 7.15. The number of amides is 2. The van der Waals surface area contributed by atoms with Crippen LogP contribution in [0.4, 0.5) is 5.13 Å². The van der Waals surface area contributed by atoms with E-state index in [0.717, 1.165) is 17.7 Å². The van der Waals surface area contributed by atoms with Crippen LogP contribution in [0.3, 0.4) is 0 Å². The fraction of sp³-hybridized carbons (Fsp3) is 0.320. The zero-order valence-corrected chi connectivity index (χ0v) is 19.2. The Labute approximate surface area is 192 Å². The lowest BCUT2D eigenvalue weighted by atomic mass is 10.1. The van der Waals surface area contributed by atoms with Gasteiger partial charge >= 0.3 is 0 Å². The second kappa shape index (κ2) is 9.96. The Morgan fingerprint density at radius 2 is 1.97 bits per heavy atom. The van der Waals surface area contributed by atoms with Gasteiger partial charge in [0.2, 0.25) is 5.91 Å². The van der Waals surface area contributed by atoms with Gasteiger partial charge in [-0.1, -0.05) is 36.4 Å². The average molecular weight is 450 g/mol. The first-order chi connectivity index (χ1) is 15.6. The number of carbonyl (C=O) groups is 2. The van der Waals surface area contributed by atoms with Crippen LogP contribution in [0.15, 0.2) is 54.7 Å². The Hall–Kier alpha value is -3.19. The Morgan fingerprint density at radius 1 is 1.19 bits per heavy atom. The van der Waals surface area contributed by atoms with Crippen LogP contribution in [-0.4, -0.2) is 40.9 Å². The summed E-state index contributed by atoms with van der Waals surface area (Å²) in [5.74, 6) is 0.180. The van der Waals surface area contributed by atoms with Crippen LogP contribution in [0.25, 0.3) is 0 Å². The summed E-state index contributed by atoms with van der Waals surface area (Å²) < 4.78 is 5.61. The van der Waals surface area contributed by atoms with Gasteiger partial charge in [0.25, 0.3) is 5.91 Å². The number of aryl methyl sites for hydroxylation is 1. The molecule has 1 N–H and O–H groups in total. The first-order valence-corrected chi connectivity index (χ1v) is 11.7. The molecule has 0 bridgehead atoms. The highest BCUT2D eigenvalue weighted by Gasteiger charge is 2.35. The summed E-state index contributed by atoms with van der Waals surface area (Å²) in [6, 6.07) is 14.9. The molecule has 32 heavy (non-hydrogen) atoms. The molecule has 2 heterocycles. The Kier molecular flexibility index (Phi) is 6.85. The van der Waals surface area contributed by atoms with Crippen molar-refractivity contribution in [1.29, 1.82) is 0 Å². The van der Waals surface area contributed by atoms with Gasteiger partial charge in [0.15, 0.2) is 5.13 Å². The zero-order chi connectivity index (χ0) is 22.5. The van der Waals surface area contributed by atoms with Crippen LogP contribution in [0.5, 0.6) is 5.75 Å². The number of rotatable bonds is 7. The van der Waals surface area contributed by atoms with Crippen molar-refractivity contribution in [1.82, 2.24) is 9.88 Å². The summed E-state index contributed by atoms with van der Waals surface area (Å²) in [6.45, 7) is 5.00. The van der Waals surface area contributed by atoms with E-state index in [1.165, 1.54) is 22.5 Å². The lowest BCUT2D eigenvalue weighted by molar-refractivity contribution is -0.119. The first kappa shape index (κ1) is 22.0. The number of benzene rings is 2. The van der Waals surface area contributed by atoms with Crippen molar-refractivity contribution in [2.75, 3.05) is 18.5 Å². The van der Waals surface area contributed by atoms with Gasteiger partial charge in [-0.05, 0) is 49.9 Å². The number of aromatic nitrogens is 1. The van der Waals surface area contributed by atoms with Crippen molar-refractivity contribution in [2.24, 2.45) is 0 Å². The van der Waals surface area contributed by atoms with Gasteiger partial charge in [0.1, 0.15) is 11.8 Å². The molecule has 1 aromatic heterocycles. The SMILES string of the molecule is CCOc1ccccc1C(=O)N1CCCC1C(=O)Nc1ncc(Cc2ccccc2C)s1. The maximum Gasteiger partial charge on any atom is 0.258 e. The molecule has 2 amide bonds. The fourth-order valence-electron chi connectivity index (χ4n) is 3.99. The molecule has 166 valence electrons. The Bertz CT molecular complexity index is 1110. The molecule has 1 fully saturated rings. The lowest BCUT2D eigenvalue weighted by Gasteiger charge is -2.24. The maximum absolute atomic E-state index is 13.2. The molecule has 0 saturated carbocycles. The van der Waals surface area contributed by atoms with Gasteiger partial charge < -0.3 is 15.0 Å². The quantitative estimate of drug-likeness (QED) is 0.568. The molecule has 7 heteroatoms. The summed E-state index contributed by atoms with van der Waals surface area (Å²) in [7, 11) is 0. The molecule has 1 aliphatic heterocycles. The minimum atomic E-state index is -0.513. The molecule has 1 saturated heterocycles. The summed E-state index contributed by atoms with van der Waals surface area (Å²) in [6.07, 6.45) is 4.01. The maximum atomic E-state index is 13.2. The predicted molar refractivity (Wildman–Crippen MR) is 126 cm³/mol. The van der Waals surface area contributed by atoms with Gasteiger partial charge in [0, 0.05) is 24.0 Å². The van der Waals surface area contributed by atoms with Gasteiger partial charge in [-0.3, -0.25) is 9.59 Å². The number of hydrogen-bond acceptors (Lipinski definition) is 5. The van der Waals surface area contributed by atoms with Crippen LogP contribution >= 0.6 is 11.3 Å². The smallest absolute Gasteiger partial charge is 0.258 e. The molecule has 1 atom stereocenters. The Balaban J connectivity index is 1.44. The van der Waals surface area contributed by atoms with Crippen LogP contribution in [0.2, 0.25) is 0 Å². The normalized spacial score (nSPS) is 15.6. The molecule has 4 rings (SSSR count). The fourth-order valence-corrected chi connectivity index (χ4v) is 4.83. The molecule has 1 unspecified atom stereocenters. The average Bonchev–Trinajstić information content (AvgIpc) is 3.45. The third-order valence-electron chi connectivity index (χ3n) is 5.64. The monoisotopic (exact) mass is 449 g/mol. The highest BCUT2D eigenvalue weighted by atomic mass is 32.1. The second-order valence-corrected chi connectivity index (χ2v) is 8.93. The largest absolute Gasteiger partial charge is 0.493 e. The number of para-hydroxylation sites is 1. The number of nitrogens with zero attached hydrogens (tertiary/aromatic N) is 2. The number of nitrogens with one attached hydrogen (secondary N) is 1. The van der Waals surface area contributed by atoms with E-state index < -0.39 is 6.04 Å². The van der Waals surface area contributed by atoms with Crippen molar-refractivity contribution in [3.63, 3.8) is 0 Å². The van der Waals surface area contributed by atoms with Crippen LogP contribution in [0, 0.1) is 6.92 Å². The van der Waals surface area contributed by atoms with E-state index in [-0.39, 0.29) is 11.8 Å². The summed E-state index contributed by atoms with van der Waals surface area (Å²) in [5.41, 5.74) is 2.97. The molecule has 0 radical (unpaired) electrons. The Morgan fingerprint density at radius 3 is 2.78 bits per heavy atom. The number of ether oxygens (including phenoxy) is 1. The first-order valence-electron chi connectivity index (χ1n) is 10.9. The molecular weight excluding hydrogens is 422 g/mol. The zero-order valence-electron chi connectivity index (χ0n) is 18.3. The molecule has 0 spiro atoms. The van der Waals surface area contributed by atoms with Gasteiger partial charge in [-0.25, -0.2) is 4.98 Å². The van der Waals surface area contributed by atoms with Gasteiger partial charge in [-0.2, -0.15) is 0 Å². The molecular formula is C25H27N3O3S. The van der Waals surface area contributed by atoms with Crippen LogP contribution < -0.4 is 10.1 Å². The van der Waals surface area contributed by atoms with Crippen LogP contribution in [-0.2, 0) is 11.2 Å². The van der Waals surface area contributed by atoms with E-state index in [2.05, 4.69) is 29.4 Å². The third kappa shape index (κ3) is 4.83. The van der Waals surface area contributed by atoms with E-state index in [1.807, 2.05) is 37.4 Å². The standard InChI is InChI=1S/C25H27N3O3S/c1-3-31-22-13-7-6-11-20(22)24(30)28-14-8-12-21(28)23(29)27-25-26-16-19(32-25)15-18-10-5-4-9-17(18)2/h4-7,9-11,13,16,21H,3,8,12,14-15H2,1-2H3,(H,26,27,29). The van der Waals surface area contributed by atoms with Crippen molar-refractivity contribution < 1.29 is 14.3 Å². The van der Waals surface area contributed by atoms with E-state index in [0.29, 0.717) is 36.0 Å². The summed E-state index contributed by atoms with van der Waals surface area (Å²) in [4.78, 5) is 33.3. The summed E-state index contributed by atoms with van der Waals surface area (Å²) in [5, 5.41) is 3.49. The summed E-state index contributed by atoms with van der Waals surface area (Å²) >= 11 is 1.47. The number of thiazole rings is 1. The van der Waals surface area contributed by atoms with Crippen molar-refractivity contribution in [3.8, 4) is 5.75 Å². The highest BCUT2D eigenvalue weighted by Crippen LogP contribution is 2.27. The molecule has 1 aliphatic rings. The molecule has 3 aromatic rings. The minimum absolute atomic E-state index is 0.175. The number of carbonyl (C=O) groups excluding carboxylic acids is 2.